The van der Waals surface area contributed by atoms with E-state index in [1.807, 2.05) is 0 Å². The van der Waals surface area contributed by atoms with Gasteiger partial charge in [0.15, 0.2) is 5.82 Å². The molecule has 14 heteroatoms. The average Bonchev–Trinajstić information content (AvgIpc) is 2.75. The molecule has 7 N–H and O–H groups in total. The van der Waals surface area contributed by atoms with Gasteiger partial charge in [0.05, 0.1) is 11.6 Å². The monoisotopic (exact) mass is 466 g/mol. The van der Waals surface area contributed by atoms with Crippen LogP contribution in [0.15, 0.2) is 22.0 Å². The molecule has 0 aromatic carbocycles. The Morgan fingerprint density at radius 3 is 2.91 bits per heavy atom. The molecular weight excluding hydrogens is 443 g/mol. The molecule has 12 nitrogen and oxygen atoms in total. The first kappa shape index (κ1) is 23.1. The highest BCUT2D eigenvalue weighted by molar-refractivity contribution is 7.94. The quantitative estimate of drug-likeness (QED) is 0.286. The van der Waals surface area contributed by atoms with Gasteiger partial charge in [-0.15, -0.1) is 0 Å². The number of amides is 1. The standard InChI is InChI=1S/C18H23FN8O4S/c1-27-9(8-23-14-13(27)16(31)26-18(20)25-14)7-22-11-5-4-10(17(24-11)32-19)15(30)21-6-2-3-12(28)29/h4-5,9H,2-3,6-8H2,1H3,(H,21,30)(H,22,24)(H,28,29)(H4,20,23,25,26,31). The van der Waals surface area contributed by atoms with Crippen molar-refractivity contribution in [3.05, 3.63) is 28.0 Å². The maximum Gasteiger partial charge on any atom is 0.303 e. The first-order valence-electron chi connectivity index (χ1n) is 9.70. The van der Waals surface area contributed by atoms with Gasteiger partial charge in [-0.2, -0.15) is 8.87 Å². The van der Waals surface area contributed by atoms with Gasteiger partial charge in [-0.1, -0.05) is 0 Å². The number of carbonyl (C=O) groups excluding carboxylic acids is 1. The summed E-state index contributed by atoms with van der Waals surface area (Å²) < 4.78 is 13.4. The third-order valence-corrected chi connectivity index (χ3v) is 5.33. The summed E-state index contributed by atoms with van der Waals surface area (Å²) in [5.41, 5.74) is 5.63. The summed E-state index contributed by atoms with van der Waals surface area (Å²) in [4.78, 5) is 47.5. The number of carboxylic acid groups (broad SMARTS) is 1. The summed E-state index contributed by atoms with van der Waals surface area (Å²) >= 11 is -0.156. The van der Waals surface area contributed by atoms with Gasteiger partial charge >= 0.3 is 5.97 Å². The number of halogens is 1. The van der Waals surface area contributed by atoms with Crippen molar-refractivity contribution in [2.75, 3.05) is 47.9 Å². The molecule has 172 valence electrons. The van der Waals surface area contributed by atoms with E-state index in [-0.39, 0.29) is 59.7 Å². The van der Waals surface area contributed by atoms with Crippen molar-refractivity contribution in [1.82, 2.24) is 20.3 Å². The summed E-state index contributed by atoms with van der Waals surface area (Å²) in [5, 5.41) is 17.2. The molecule has 32 heavy (non-hydrogen) atoms. The number of aromatic amines is 1. The van der Waals surface area contributed by atoms with Crippen molar-refractivity contribution < 1.29 is 18.6 Å². The number of carbonyl (C=O) groups is 2. The Hall–Kier alpha value is -3.55. The summed E-state index contributed by atoms with van der Waals surface area (Å²) in [5.74, 6) is -0.705. The van der Waals surface area contributed by atoms with Gasteiger partial charge in [0.25, 0.3) is 11.5 Å². The van der Waals surface area contributed by atoms with Crippen LogP contribution in [0, 0.1) is 0 Å². The van der Waals surface area contributed by atoms with Crippen molar-refractivity contribution in [1.29, 1.82) is 0 Å². The Morgan fingerprint density at radius 2 is 2.19 bits per heavy atom. The van der Waals surface area contributed by atoms with Crippen LogP contribution in [0.2, 0.25) is 0 Å². The minimum atomic E-state index is -0.955. The average molecular weight is 466 g/mol. The Morgan fingerprint density at radius 1 is 1.41 bits per heavy atom. The topological polar surface area (TPSA) is 178 Å². The highest BCUT2D eigenvalue weighted by atomic mass is 32.2. The Balaban J connectivity index is 1.62. The number of fused-ring (bicyclic) bond motifs is 1. The fourth-order valence-electron chi connectivity index (χ4n) is 3.21. The van der Waals surface area contributed by atoms with Crippen LogP contribution in [0.25, 0.3) is 0 Å². The molecule has 2 aromatic heterocycles. The lowest BCUT2D eigenvalue weighted by Crippen LogP contribution is -2.48. The molecule has 3 rings (SSSR count). The van der Waals surface area contributed by atoms with Crippen LogP contribution in [0.5, 0.6) is 0 Å². The van der Waals surface area contributed by atoms with Gasteiger partial charge in [0, 0.05) is 33.1 Å². The van der Waals surface area contributed by atoms with Crippen molar-refractivity contribution in [3.8, 4) is 0 Å². The van der Waals surface area contributed by atoms with Gasteiger partial charge < -0.3 is 31.7 Å². The smallest absolute Gasteiger partial charge is 0.303 e. The highest BCUT2D eigenvalue weighted by Crippen LogP contribution is 2.26. The number of carboxylic acids is 1. The number of nitrogens with zero attached hydrogens (tertiary/aromatic N) is 3. The molecular formula is C18H23FN8O4S. The van der Waals surface area contributed by atoms with Crippen molar-refractivity contribution >= 4 is 47.3 Å². The second-order valence-electron chi connectivity index (χ2n) is 7.05. The molecule has 0 radical (unpaired) electrons. The van der Waals surface area contributed by atoms with E-state index in [2.05, 4.69) is 30.9 Å². The lowest BCUT2D eigenvalue weighted by Gasteiger charge is -2.35. The Kier molecular flexibility index (Phi) is 7.35. The molecule has 1 unspecified atom stereocenters. The number of rotatable bonds is 9. The number of aromatic nitrogens is 3. The van der Waals surface area contributed by atoms with Gasteiger partial charge in [-0.25, -0.2) is 4.98 Å². The zero-order valence-corrected chi connectivity index (χ0v) is 18.0. The Bertz CT molecular complexity index is 1070. The molecule has 0 saturated heterocycles. The lowest BCUT2D eigenvalue weighted by molar-refractivity contribution is -0.137. The SMILES string of the molecule is CN1c2c(nc(N)[nH]c2=O)NCC1CNc1ccc(C(=O)NCCCC(=O)O)c(SF)n1. The first-order chi connectivity index (χ1) is 15.3. The Labute approximate surface area is 186 Å². The molecule has 1 atom stereocenters. The molecule has 1 aliphatic rings. The number of nitrogens with one attached hydrogen (secondary N) is 4. The maximum atomic E-state index is 13.4. The fourth-order valence-corrected chi connectivity index (χ4v) is 3.58. The first-order valence-corrected chi connectivity index (χ1v) is 10.4. The van der Waals surface area contributed by atoms with Crippen LogP contribution in [-0.2, 0) is 4.79 Å². The number of anilines is 4. The fraction of sp³-hybridized carbons (Fsp3) is 0.389. The molecule has 0 fully saturated rings. The molecule has 0 spiro atoms. The van der Waals surface area contributed by atoms with E-state index in [0.717, 1.165) is 0 Å². The molecule has 0 saturated carbocycles. The number of H-pyrrole nitrogens is 1. The summed E-state index contributed by atoms with van der Waals surface area (Å²) in [6.45, 7) is 1.01. The lowest BCUT2D eigenvalue weighted by atomic mass is 10.2. The van der Waals surface area contributed by atoms with E-state index < -0.39 is 11.9 Å². The largest absolute Gasteiger partial charge is 0.481 e. The number of nitrogens with two attached hydrogens (primary N) is 1. The van der Waals surface area contributed by atoms with E-state index in [1.54, 1.807) is 18.0 Å². The summed E-state index contributed by atoms with van der Waals surface area (Å²) in [6, 6.07) is 2.85. The van der Waals surface area contributed by atoms with Crippen LogP contribution in [0.4, 0.5) is 27.2 Å². The van der Waals surface area contributed by atoms with E-state index in [9.17, 15) is 18.3 Å². The predicted molar refractivity (Wildman–Crippen MR) is 119 cm³/mol. The maximum absolute atomic E-state index is 13.4. The van der Waals surface area contributed by atoms with Crippen LogP contribution >= 0.6 is 12.1 Å². The molecule has 0 aliphatic carbocycles. The van der Waals surface area contributed by atoms with Crippen LogP contribution in [-0.4, -0.2) is 64.7 Å². The zero-order chi connectivity index (χ0) is 23.3. The number of pyridine rings is 1. The van der Waals surface area contributed by atoms with E-state index >= 15 is 0 Å². The van der Waals surface area contributed by atoms with Crippen molar-refractivity contribution in [2.24, 2.45) is 0 Å². The zero-order valence-electron chi connectivity index (χ0n) is 17.1. The highest BCUT2D eigenvalue weighted by Gasteiger charge is 2.27. The molecule has 0 bridgehead atoms. The number of nitrogen functional groups attached to an aromatic ring is 1. The van der Waals surface area contributed by atoms with Gasteiger partial charge in [0.2, 0.25) is 5.95 Å². The predicted octanol–water partition coefficient (Wildman–Crippen LogP) is 0.661. The van der Waals surface area contributed by atoms with Gasteiger partial charge in [0.1, 0.15) is 28.7 Å². The third-order valence-electron chi connectivity index (χ3n) is 4.87. The van der Waals surface area contributed by atoms with Gasteiger partial charge in [-0.3, -0.25) is 19.4 Å². The number of hydrogen-bond donors (Lipinski definition) is 6. The number of likely N-dealkylation sites (N-methyl/N-ethyl adjacent to an activating group) is 1. The van der Waals surface area contributed by atoms with Crippen molar-refractivity contribution in [3.63, 3.8) is 0 Å². The molecule has 3 heterocycles. The van der Waals surface area contributed by atoms with Crippen LogP contribution in [0.3, 0.4) is 0 Å². The second-order valence-corrected chi connectivity index (χ2v) is 7.60. The molecule has 1 aliphatic heterocycles. The number of hydrogen-bond acceptors (Lipinski definition) is 10. The number of aliphatic carboxylic acids is 1. The van der Waals surface area contributed by atoms with E-state index in [0.29, 0.717) is 30.4 Å². The van der Waals surface area contributed by atoms with Gasteiger partial charge in [-0.05, 0) is 18.6 Å². The third kappa shape index (κ3) is 5.38. The summed E-state index contributed by atoms with van der Waals surface area (Å²) in [7, 11) is 1.76. The van der Waals surface area contributed by atoms with Crippen molar-refractivity contribution in [2.45, 2.75) is 23.9 Å². The van der Waals surface area contributed by atoms with Crippen LogP contribution < -0.4 is 32.1 Å². The minimum Gasteiger partial charge on any atom is -0.481 e. The van der Waals surface area contributed by atoms with E-state index in [1.165, 1.54) is 6.07 Å². The van der Waals surface area contributed by atoms with E-state index in [4.69, 9.17) is 10.8 Å². The second kappa shape index (κ2) is 10.2. The van der Waals surface area contributed by atoms with Crippen LogP contribution in [0.1, 0.15) is 23.2 Å². The normalized spacial score (nSPS) is 14.9. The summed E-state index contributed by atoms with van der Waals surface area (Å²) in [6.07, 6.45) is 0.194. The molecule has 1 amide bonds. The minimum absolute atomic E-state index is 0.0256. The molecule has 2 aromatic rings.